The Labute approximate surface area is 245 Å². The third kappa shape index (κ3) is 10.4. The molecular formula is C29H40N6O3S2. The van der Waals surface area contributed by atoms with E-state index in [2.05, 4.69) is 36.1 Å². The number of nitrogens with zero attached hydrogens (tertiary/aromatic N) is 4. The number of thiazole rings is 1. The molecule has 0 atom stereocenters. The summed E-state index contributed by atoms with van der Waals surface area (Å²) in [6.45, 7) is 8.72. The van der Waals surface area contributed by atoms with Crippen molar-refractivity contribution in [3.63, 3.8) is 0 Å². The first-order valence-corrected chi connectivity index (χ1v) is 15.1. The second kappa shape index (κ2) is 15.0. The zero-order chi connectivity index (χ0) is 29.1. The molecular weight excluding hydrogens is 544 g/mol. The molecule has 3 aromatic rings. The topological polar surface area (TPSA) is 118 Å². The Morgan fingerprint density at radius 2 is 1.82 bits per heavy atom. The second-order valence-corrected chi connectivity index (χ2v) is 13.1. The minimum Gasteiger partial charge on any atom is -0.444 e. The Hall–Kier alpha value is -3.15. The van der Waals surface area contributed by atoms with E-state index >= 15 is 0 Å². The summed E-state index contributed by atoms with van der Waals surface area (Å²) < 4.78 is 6.78. The van der Waals surface area contributed by atoms with Crippen LogP contribution in [0.15, 0.2) is 57.4 Å². The van der Waals surface area contributed by atoms with E-state index in [1.807, 2.05) is 30.0 Å². The maximum Gasteiger partial charge on any atom is 0.253 e. The van der Waals surface area contributed by atoms with Crippen LogP contribution in [0.4, 0.5) is 10.8 Å². The third-order valence-electron chi connectivity index (χ3n) is 5.92. The van der Waals surface area contributed by atoms with E-state index < -0.39 is 0 Å². The van der Waals surface area contributed by atoms with Gasteiger partial charge in [0, 0.05) is 42.4 Å². The molecule has 40 heavy (non-hydrogen) atoms. The molecule has 1 saturated heterocycles. The number of anilines is 2. The van der Waals surface area contributed by atoms with Gasteiger partial charge in [-0.3, -0.25) is 9.59 Å². The van der Waals surface area contributed by atoms with E-state index in [4.69, 9.17) is 10.2 Å². The van der Waals surface area contributed by atoms with Gasteiger partial charge in [-0.2, -0.15) is 0 Å². The number of nitrogen functional groups attached to an aromatic ring is 1. The van der Waals surface area contributed by atoms with E-state index in [1.54, 1.807) is 48.4 Å². The molecule has 0 saturated carbocycles. The predicted octanol–water partition coefficient (Wildman–Crippen LogP) is 5.67. The molecule has 3 heterocycles. The lowest BCUT2D eigenvalue weighted by molar-refractivity contribution is -0.111. The lowest BCUT2D eigenvalue weighted by Gasteiger charge is -2.26. The molecule has 0 spiro atoms. The van der Waals surface area contributed by atoms with Crippen LogP contribution in [0.3, 0.4) is 0 Å². The molecule has 0 bridgehead atoms. The SMILES string of the molecule is CC(C)(C)c1cnc(CSc2cnc(N)s2)o1.CN(C)C/C=C/C(=O)Nc1ccc(C(=O)N2CCCCC2)cc1. The summed E-state index contributed by atoms with van der Waals surface area (Å²) in [4.78, 5) is 36.3. The average Bonchev–Trinajstić information content (AvgIpc) is 3.57. The molecule has 2 amide bonds. The zero-order valence-corrected chi connectivity index (χ0v) is 25.6. The van der Waals surface area contributed by atoms with Gasteiger partial charge < -0.3 is 25.3 Å². The van der Waals surface area contributed by atoms with Gasteiger partial charge in [-0.15, -0.1) is 11.8 Å². The number of amides is 2. The number of rotatable bonds is 8. The van der Waals surface area contributed by atoms with Crippen molar-refractivity contribution in [2.75, 3.05) is 44.8 Å². The van der Waals surface area contributed by atoms with Gasteiger partial charge in [-0.05, 0) is 57.6 Å². The Balaban J connectivity index is 0.000000230. The van der Waals surface area contributed by atoms with Crippen LogP contribution in [0, 0.1) is 0 Å². The number of piperidine rings is 1. The molecule has 1 fully saturated rings. The first kappa shape index (κ1) is 31.4. The summed E-state index contributed by atoms with van der Waals surface area (Å²) in [6, 6.07) is 7.09. The highest BCUT2D eigenvalue weighted by molar-refractivity contribution is 8.00. The van der Waals surface area contributed by atoms with Gasteiger partial charge in [0.25, 0.3) is 5.91 Å². The number of carbonyl (C=O) groups excluding carboxylic acids is 2. The van der Waals surface area contributed by atoms with Crippen LogP contribution in [0.1, 0.15) is 62.0 Å². The van der Waals surface area contributed by atoms with Crippen molar-refractivity contribution in [2.24, 2.45) is 0 Å². The fourth-order valence-corrected chi connectivity index (χ4v) is 5.34. The summed E-state index contributed by atoms with van der Waals surface area (Å²) in [6.07, 6.45) is 10.3. The van der Waals surface area contributed by atoms with Gasteiger partial charge in [0.1, 0.15) is 5.76 Å². The second-order valence-electron chi connectivity index (χ2n) is 10.8. The Bertz CT molecular complexity index is 1260. The smallest absolute Gasteiger partial charge is 0.253 e. The van der Waals surface area contributed by atoms with Crippen LogP contribution < -0.4 is 11.1 Å². The van der Waals surface area contributed by atoms with Crippen molar-refractivity contribution in [2.45, 2.75) is 55.4 Å². The third-order valence-corrected chi connectivity index (χ3v) is 7.92. The maximum atomic E-state index is 12.4. The van der Waals surface area contributed by atoms with Crippen LogP contribution in [-0.2, 0) is 16.0 Å². The molecule has 216 valence electrons. The van der Waals surface area contributed by atoms with Gasteiger partial charge in [0.15, 0.2) is 5.13 Å². The number of hydrogen-bond donors (Lipinski definition) is 2. The standard InChI is InChI=1S/C18H25N3O2.C11H15N3OS2/c1-20(2)12-6-7-17(22)19-16-10-8-15(9-11-16)18(23)21-13-4-3-5-14-21;1-11(2,3)7-4-13-8(15-7)6-16-9-5-14-10(12)17-9/h6-11H,3-5,12-14H2,1-2H3,(H,19,22);4-5H,6H2,1-3H3,(H2,12,14)/b7-6+;. The number of nitrogens with one attached hydrogen (secondary N) is 1. The van der Waals surface area contributed by atoms with Crippen molar-refractivity contribution >= 4 is 45.7 Å². The molecule has 9 nitrogen and oxygen atoms in total. The lowest BCUT2D eigenvalue weighted by Crippen LogP contribution is -2.35. The van der Waals surface area contributed by atoms with Gasteiger partial charge in [-0.1, -0.05) is 38.2 Å². The van der Waals surface area contributed by atoms with Gasteiger partial charge in [0.05, 0.1) is 22.4 Å². The largest absolute Gasteiger partial charge is 0.444 e. The molecule has 1 aliphatic heterocycles. The number of thioether (sulfide) groups is 1. The van der Waals surface area contributed by atoms with Crippen LogP contribution in [0.2, 0.25) is 0 Å². The average molecular weight is 585 g/mol. The number of carbonyl (C=O) groups is 2. The van der Waals surface area contributed by atoms with Crippen LogP contribution in [-0.4, -0.2) is 65.3 Å². The molecule has 1 aliphatic rings. The number of hydrogen-bond acceptors (Lipinski definition) is 9. The number of likely N-dealkylation sites (tertiary alicyclic amines) is 1. The highest BCUT2D eigenvalue weighted by Crippen LogP contribution is 2.30. The summed E-state index contributed by atoms with van der Waals surface area (Å²) in [7, 11) is 3.89. The van der Waals surface area contributed by atoms with Gasteiger partial charge in [0.2, 0.25) is 11.8 Å². The molecule has 0 unspecified atom stereocenters. The number of nitrogens with two attached hydrogens (primary N) is 1. The lowest BCUT2D eigenvalue weighted by atomic mass is 9.94. The molecule has 3 N–H and O–H groups in total. The van der Waals surface area contributed by atoms with Gasteiger partial charge >= 0.3 is 0 Å². The molecule has 11 heteroatoms. The molecule has 0 aliphatic carbocycles. The number of benzene rings is 1. The number of likely N-dealkylation sites (N-methyl/N-ethyl adjacent to an activating group) is 1. The molecule has 4 rings (SSSR count). The summed E-state index contributed by atoms with van der Waals surface area (Å²) >= 11 is 3.12. The van der Waals surface area contributed by atoms with Crippen LogP contribution in [0.25, 0.3) is 0 Å². The number of aromatic nitrogens is 2. The minimum atomic E-state index is -0.165. The highest BCUT2D eigenvalue weighted by Gasteiger charge is 2.19. The first-order chi connectivity index (χ1) is 19.0. The quantitative estimate of drug-likeness (QED) is 0.257. The monoisotopic (exact) mass is 584 g/mol. The summed E-state index contributed by atoms with van der Waals surface area (Å²) in [5.74, 6) is 2.27. The van der Waals surface area contributed by atoms with Crippen LogP contribution >= 0.6 is 23.1 Å². The Morgan fingerprint density at radius 3 is 2.40 bits per heavy atom. The molecule has 2 aromatic heterocycles. The van der Waals surface area contributed by atoms with Crippen molar-refractivity contribution < 1.29 is 14.0 Å². The maximum absolute atomic E-state index is 12.4. The van der Waals surface area contributed by atoms with E-state index in [1.165, 1.54) is 23.8 Å². The fourth-order valence-electron chi connectivity index (χ4n) is 3.73. The van der Waals surface area contributed by atoms with E-state index in [9.17, 15) is 9.59 Å². The van der Waals surface area contributed by atoms with E-state index in [-0.39, 0.29) is 17.2 Å². The van der Waals surface area contributed by atoms with Gasteiger partial charge in [-0.25, -0.2) is 9.97 Å². The summed E-state index contributed by atoms with van der Waals surface area (Å²) in [5.41, 5.74) is 6.94. The van der Waals surface area contributed by atoms with Crippen LogP contribution in [0.5, 0.6) is 0 Å². The number of oxazole rings is 1. The van der Waals surface area contributed by atoms with E-state index in [0.717, 1.165) is 48.3 Å². The Kier molecular flexibility index (Phi) is 11.8. The van der Waals surface area contributed by atoms with Crippen molar-refractivity contribution in [3.8, 4) is 0 Å². The normalized spacial score (nSPS) is 13.8. The predicted molar refractivity (Wildman–Crippen MR) is 164 cm³/mol. The summed E-state index contributed by atoms with van der Waals surface area (Å²) in [5, 5.41) is 3.39. The van der Waals surface area contributed by atoms with Crippen molar-refractivity contribution in [1.82, 2.24) is 19.8 Å². The van der Waals surface area contributed by atoms with Crippen molar-refractivity contribution in [1.29, 1.82) is 0 Å². The van der Waals surface area contributed by atoms with Crippen molar-refractivity contribution in [3.05, 3.63) is 66.0 Å². The minimum absolute atomic E-state index is 0.00479. The zero-order valence-electron chi connectivity index (χ0n) is 24.0. The molecule has 0 radical (unpaired) electrons. The Morgan fingerprint density at radius 1 is 1.12 bits per heavy atom. The molecule has 1 aromatic carbocycles. The van der Waals surface area contributed by atoms with E-state index in [0.29, 0.717) is 22.1 Å². The highest BCUT2D eigenvalue weighted by atomic mass is 32.2. The fraction of sp³-hybridized carbons (Fsp3) is 0.448. The first-order valence-electron chi connectivity index (χ1n) is 13.3.